The summed E-state index contributed by atoms with van der Waals surface area (Å²) in [6, 6.07) is 8.26. The number of benzene rings is 1. The third-order valence-electron chi connectivity index (χ3n) is 6.84. The molecule has 1 aromatic heterocycles. The second-order valence-corrected chi connectivity index (χ2v) is 10.1. The zero-order valence-electron chi connectivity index (χ0n) is 18.9. The number of likely N-dealkylation sites (N-methyl/N-ethyl adjacent to an activating group) is 1. The van der Waals surface area contributed by atoms with E-state index in [0.717, 1.165) is 6.07 Å². The number of hydrogen-bond donors (Lipinski definition) is 0. The van der Waals surface area contributed by atoms with Crippen molar-refractivity contribution in [3.63, 3.8) is 0 Å². The highest BCUT2D eigenvalue weighted by atomic mass is 32.1. The Morgan fingerprint density at radius 3 is 2.47 bits per heavy atom. The maximum atomic E-state index is 13.6. The Bertz CT molecular complexity index is 1120. The number of thiophene rings is 1. The van der Waals surface area contributed by atoms with Crippen LogP contribution < -0.4 is 4.90 Å². The highest BCUT2D eigenvalue weighted by Crippen LogP contribution is 2.46. The number of amides is 2. The van der Waals surface area contributed by atoms with E-state index in [1.54, 1.807) is 31.1 Å². The lowest BCUT2D eigenvalue weighted by atomic mass is 9.76. The van der Waals surface area contributed by atoms with Crippen LogP contribution in [0.25, 0.3) is 0 Å². The van der Waals surface area contributed by atoms with Crippen molar-refractivity contribution < 1.29 is 22.8 Å². The molecule has 1 atom stereocenters. The molecule has 34 heavy (non-hydrogen) atoms. The Kier molecular flexibility index (Phi) is 6.34. The van der Waals surface area contributed by atoms with Crippen LogP contribution in [0.1, 0.15) is 40.1 Å². The molecule has 1 spiro atoms. The molecule has 2 aliphatic rings. The van der Waals surface area contributed by atoms with Crippen LogP contribution in [0.5, 0.6) is 0 Å². The second kappa shape index (κ2) is 8.95. The normalized spacial score (nSPS) is 19.8. The minimum absolute atomic E-state index is 0.0115. The number of hydrogen-bond acceptors (Lipinski definition) is 5. The summed E-state index contributed by atoms with van der Waals surface area (Å²) in [5.74, 6) is -0.186. The van der Waals surface area contributed by atoms with E-state index < -0.39 is 23.3 Å². The maximum absolute atomic E-state index is 13.6. The summed E-state index contributed by atoms with van der Waals surface area (Å²) >= 11 is 1.40. The van der Waals surface area contributed by atoms with Gasteiger partial charge in [0.15, 0.2) is 0 Å². The Labute approximate surface area is 200 Å². The predicted molar refractivity (Wildman–Crippen MR) is 122 cm³/mol. The van der Waals surface area contributed by atoms with Gasteiger partial charge in [0.25, 0.3) is 5.91 Å². The van der Waals surface area contributed by atoms with Crippen molar-refractivity contribution in [2.45, 2.75) is 31.5 Å². The first kappa shape index (κ1) is 24.1. The number of rotatable bonds is 3. The SMILES string of the molecule is CN(C)C(=O)C1CC2(CCN(C(=O)c3cccs3)CC2)CN1c1ccc(C#N)c(C(F)(F)F)c1. The van der Waals surface area contributed by atoms with Gasteiger partial charge in [-0.2, -0.15) is 18.4 Å². The van der Waals surface area contributed by atoms with Gasteiger partial charge in [-0.3, -0.25) is 9.59 Å². The Morgan fingerprint density at radius 1 is 1.21 bits per heavy atom. The standard InChI is InChI=1S/C24H25F3N4O2S/c1-29(2)21(32)19-13-23(7-9-30(10-8-23)22(33)20-4-3-11-34-20)15-31(19)17-6-5-16(14-28)18(12-17)24(25,26)27/h3-6,11-12,19H,7-10,13,15H2,1-2H3. The third-order valence-corrected chi connectivity index (χ3v) is 7.70. The van der Waals surface area contributed by atoms with Crippen LogP contribution in [-0.2, 0) is 11.0 Å². The number of carbonyl (C=O) groups excluding carboxylic acids is 2. The van der Waals surface area contributed by atoms with Crippen LogP contribution in [0, 0.1) is 16.7 Å². The van der Waals surface area contributed by atoms with E-state index in [1.807, 2.05) is 16.3 Å². The number of likely N-dealkylation sites (tertiary alicyclic amines) is 1. The van der Waals surface area contributed by atoms with Crippen LogP contribution in [0.4, 0.5) is 18.9 Å². The van der Waals surface area contributed by atoms with Gasteiger partial charge in [-0.25, -0.2) is 0 Å². The monoisotopic (exact) mass is 490 g/mol. The second-order valence-electron chi connectivity index (χ2n) is 9.19. The Morgan fingerprint density at radius 2 is 1.91 bits per heavy atom. The molecule has 2 fully saturated rings. The number of piperidine rings is 1. The van der Waals surface area contributed by atoms with E-state index in [-0.39, 0.29) is 22.9 Å². The topological polar surface area (TPSA) is 67.7 Å². The Balaban J connectivity index is 1.61. The van der Waals surface area contributed by atoms with Crippen molar-refractivity contribution in [1.82, 2.24) is 9.80 Å². The van der Waals surface area contributed by atoms with Crippen LogP contribution >= 0.6 is 11.3 Å². The lowest BCUT2D eigenvalue weighted by Crippen LogP contribution is -2.44. The molecular formula is C24H25F3N4O2S. The zero-order valence-corrected chi connectivity index (χ0v) is 19.7. The Hall–Kier alpha value is -3.06. The molecule has 0 saturated carbocycles. The van der Waals surface area contributed by atoms with E-state index >= 15 is 0 Å². The van der Waals surface area contributed by atoms with E-state index in [4.69, 9.17) is 5.26 Å². The van der Waals surface area contributed by atoms with Gasteiger partial charge in [-0.05, 0) is 54.3 Å². The number of carbonyl (C=O) groups is 2. The molecule has 0 N–H and O–H groups in total. The fourth-order valence-corrected chi connectivity index (χ4v) is 5.68. The zero-order chi connectivity index (χ0) is 24.7. The van der Waals surface area contributed by atoms with Gasteiger partial charge >= 0.3 is 6.18 Å². The van der Waals surface area contributed by atoms with Crippen molar-refractivity contribution in [2.24, 2.45) is 5.41 Å². The van der Waals surface area contributed by atoms with E-state index in [0.29, 0.717) is 43.8 Å². The summed E-state index contributed by atoms with van der Waals surface area (Å²) in [5.41, 5.74) is -1.45. The summed E-state index contributed by atoms with van der Waals surface area (Å²) < 4.78 is 40.8. The largest absolute Gasteiger partial charge is 0.417 e. The quantitative estimate of drug-likeness (QED) is 0.646. The maximum Gasteiger partial charge on any atom is 0.417 e. The third kappa shape index (κ3) is 4.49. The molecule has 2 saturated heterocycles. The first-order valence-electron chi connectivity index (χ1n) is 11.0. The highest BCUT2D eigenvalue weighted by molar-refractivity contribution is 7.12. The van der Waals surface area contributed by atoms with E-state index in [9.17, 15) is 22.8 Å². The lowest BCUT2D eigenvalue weighted by molar-refractivity contribution is -0.137. The smallest absolute Gasteiger partial charge is 0.359 e. The van der Waals surface area contributed by atoms with Gasteiger partial charge in [0.05, 0.1) is 22.1 Å². The van der Waals surface area contributed by atoms with Crippen molar-refractivity contribution in [2.75, 3.05) is 38.6 Å². The molecule has 6 nitrogen and oxygen atoms in total. The van der Waals surface area contributed by atoms with Crippen LogP contribution in [0.2, 0.25) is 0 Å². The fourth-order valence-electron chi connectivity index (χ4n) is 4.99. The average Bonchev–Trinajstić information content (AvgIpc) is 3.46. The lowest BCUT2D eigenvalue weighted by Gasteiger charge is -2.39. The summed E-state index contributed by atoms with van der Waals surface area (Å²) in [7, 11) is 3.27. The average molecular weight is 491 g/mol. The number of nitrogens with zero attached hydrogens (tertiary/aromatic N) is 4. The molecule has 3 heterocycles. The van der Waals surface area contributed by atoms with Gasteiger partial charge < -0.3 is 14.7 Å². The predicted octanol–water partition coefficient (Wildman–Crippen LogP) is 4.23. The van der Waals surface area contributed by atoms with E-state index in [2.05, 4.69) is 0 Å². The van der Waals surface area contributed by atoms with Crippen LogP contribution in [0.3, 0.4) is 0 Å². The molecule has 1 aromatic carbocycles. The van der Waals surface area contributed by atoms with Crippen molar-refractivity contribution in [3.05, 3.63) is 51.7 Å². The first-order chi connectivity index (χ1) is 16.0. The van der Waals surface area contributed by atoms with Crippen LogP contribution in [0.15, 0.2) is 35.7 Å². The number of alkyl halides is 3. The van der Waals surface area contributed by atoms with Crippen molar-refractivity contribution >= 4 is 28.8 Å². The minimum atomic E-state index is -4.67. The molecule has 2 aromatic rings. The summed E-state index contributed by atoms with van der Waals surface area (Å²) in [6.07, 6.45) is -2.83. The molecule has 1 unspecified atom stereocenters. The molecule has 4 rings (SSSR count). The molecule has 0 bridgehead atoms. The van der Waals surface area contributed by atoms with Gasteiger partial charge in [0, 0.05) is 39.4 Å². The minimum Gasteiger partial charge on any atom is -0.359 e. The molecule has 2 aliphatic heterocycles. The van der Waals surface area contributed by atoms with Crippen LogP contribution in [-0.4, -0.2) is 61.4 Å². The van der Waals surface area contributed by atoms with Gasteiger partial charge in [0.1, 0.15) is 6.04 Å². The molecule has 10 heteroatoms. The number of nitriles is 1. The summed E-state index contributed by atoms with van der Waals surface area (Å²) in [6.45, 7) is 1.49. The first-order valence-corrected chi connectivity index (χ1v) is 11.8. The van der Waals surface area contributed by atoms with Gasteiger partial charge in [-0.15, -0.1) is 11.3 Å². The fraction of sp³-hybridized carbons (Fsp3) is 0.458. The molecular weight excluding hydrogens is 465 g/mol. The van der Waals surface area contributed by atoms with E-state index in [1.165, 1.54) is 28.4 Å². The summed E-state index contributed by atoms with van der Waals surface area (Å²) in [4.78, 5) is 31.5. The van der Waals surface area contributed by atoms with Crippen molar-refractivity contribution in [3.8, 4) is 6.07 Å². The summed E-state index contributed by atoms with van der Waals surface area (Å²) in [5, 5.41) is 11.0. The number of halogens is 3. The van der Waals surface area contributed by atoms with Gasteiger partial charge in [-0.1, -0.05) is 6.07 Å². The van der Waals surface area contributed by atoms with Crippen molar-refractivity contribution in [1.29, 1.82) is 5.26 Å². The van der Waals surface area contributed by atoms with Gasteiger partial charge in [0.2, 0.25) is 5.91 Å². The molecule has 0 aliphatic carbocycles. The molecule has 2 amide bonds. The molecule has 0 radical (unpaired) electrons. The molecule has 180 valence electrons. The number of anilines is 1. The highest BCUT2D eigenvalue weighted by Gasteiger charge is 2.49.